The number of allylic oxidation sites excluding steroid dienone is 1. The van der Waals surface area contributed by atoms with Crippen LogP contribution in [0, 0.1) is 0 Å². The number of aromatic nitrogens is 3. The van der Waals surface area contributed by atoms with Crippen molar-refractivity contribution in [3.63, 3.8) is 0 Å². The van der Waals surface area contributed by atoms with Gasteiger partial charge in [0, 0.05) is 54.5 Å². The average molecular weight is 766 g/mol. The first-order valence-corrected chi connectivity index (χ1v) is 21.0. The fraction of sp³-hybridized carbons (Fsp3) is 0.0526. The molecule has 0 aliphatic heterocycles. The Morgan fingerprint density at radius 2 is 0.983 bits per heavy atom. The van der Waals surface area contributed by atoms with Gasteiger partial charge in [0.2, 0.25) is 0 Å². The van der Waals surface area contributed by atoms with E-state index in [2.05, 4.69) is 227 Å². The van der Waals surface area contributed by atoms with E-state index in [-0.39, 0.29) is 5.41 Å². The quantitative estimate of drug-likeness (QED) is 0.169. The summed E-state index contributed by atoms with van der Waals surface area (Å²) in [6, 6.07) is 71.6. The van der Waals surface area contributed by atoms with Crippen LogP contribution in [0.5, 0.6) is 0 Å². The highest BCUT2D eigenvalue weighted by molar-refractivity contribution is 6.26. The van der Waals surface area contributed by atoms with Crippen LogP contribution in [0.2, 0.25) is 0 Å². The molecule has 1 aliphatic carbocycles. The van der Waals surface area contributed by atoms with Crippen LogP contribution in [-0.2, 0) is 11.8 Å². The van der Waals surface area contributed by atoms with Crippen LogP contribution in [-0.4, -0.2) is 13.7 Å². The van der Waals surface area contributed by atoms with Crippen molar-refractivity contribution in [3.05, 3.63) is 217 Å². The van der Waals surface area contributed by atoms with Crippen LogP contribution in [0.15, 0.2) is 200 Å². The molecule has 3 nitrogen and oxygen atoms in total. The molecule has 0 saturated heterocycles. The zero-order valence-electron chi connectivity index (χ0n) is 33.2. The van der Waals surface area contributed by atoms with E-state index in [0.717, 1.165) is 12.1 Å². The largest absolute Gasteiger partial charge is 0.309 e. The van der Waals surface area contributed by atoms with E-state index in [1.165, 1.54) is 104 Å². The van der Waals surface area contributed by atoms with E-state index in [1.54, 1.807) is 0 Å². The van der Waals surface area contributed by atoms with Gasteiger partial charge in [-0.25, -0.2) is 0 Å². The van der Waals surface area contributed by atoms with Crippen molar-refractivity contribution in [3.8, 4) is 17.1 Å². The van der Waals surface area contributed by atoms with Crippen molar-refractivity contribution in [2.24, 2.45) is 0 Å². The van der Waals surface area contributed by atoms with Gasteiger partial charge in [-0.15, -0.1) is 0 Å². The molecular formula is C57H39N3. The van der Waals surface area contributed by atoms with E-state index in [9.17, 15) is 0 Å². The third-order valence-corrected chi connectivity index (χ3v) is 13.4. The van der Waals surface area contributed by atoms with Gasteiger partial charge in [-0.05, 0) is 89.0 Å². The summed E-state index contributed by atoms with van der Waals surface area (Å²) < 4.78 is 7.49. The summed E-state index contributed by atoms with van der Waals surface area (Å²) in [5.74, 6) is 0. The zero-order chi connectivity index (χ0) is 39.5. The first-order chi connectivity index (χ1) is 29.6. The van der Waals surface area contributed by atoms with Gasteiger partial charge >= 0.3 is 0 Å². The third-order valence-electron chi connectivity index (χ3n) is 13.4. The van der Waals surface area contributed by atoms with Crippen LogP contribution in [0.4, 0.5) is 0 Å². The summed E-state index contributed by atoms with van der Waals surface area (Å²) in [6.45, 7) is 2.43. The Morgan fingerprint density at radius 3 is 1.72 bits per heavy atom. The number of hydrogen-bond acceptors (Lipinski definition) is 0. The highest BCUT2D eigenvalue weighted by atomic mass is 15.0. The fourth-order valence-electron chi connectivity index (χ4n) is 10.7. The van der Waals surface area contributed by atoms with E-state index in [1.807, 2.05) is 0 Å². The fourth-order valence-corrected chi connectivity index (χ4v) is 10.7. The van der Waals surface area contributed by atoms with Crippen molar-refractivity contribution >= 4 is 82.1 Å². The molecule has 3 heterocycles. The first kappa shape index (κ1) is 33.4. The molecule has 3 heteroatoms. The van der Waals surface area contributed by atoms with Gasteiger partial charge in [0.05, 0.1) is 39.0 Å². The maximum absolute atomic E-state index is 2.52. The van der Waals surface area contributed by atoms with Crippen molar-refractivity contribution in [2.45, 2.75) is 18.8 Å². The van der Waals surface area contributed by atoms with Gasteiger partial charge in [-0.1, -0.05) is 153 Å². The summed E-state index contributed by atoms with van der Waals surface area (Å²) in [5, 5.41) is 11.4. The van der Waals surface area contributed by atoms with E-state index in [0.29, 0.717) is 0 Å². The molecule has 282 valence electrons. The molecule has 0 radical (unpaired) electrons. The van der Waals surface area contributed by atoms with Gasteiger partial charge in [-0.3, -0.25) is 0 Å². The number of rotatable bonds is 4. The molecule has 9 aromatic carbocycles. The highest BCUT2D eigenvalue weighted by Crippen LogP contribution is 2.47. The molecule has 3 aromatic heterocycles. The minimum Gasteiger partial charge on any atom is -0.309 e. The second kappa shape index (κ2) is 12.4. The van der Waals surface area contributed by atoms with E-state index < -0.39 is 0 Å². The number of para-hydroxylation sites is 3. The lowest BCUT2D eigenvalue weighted by Crippen LogP contribution is -2.25. The molecule has 1 unspecified atom stereocenters. The Balaban J connectivity index is 1.09. The van der Waals surface area contributed by atoms with Gasteiger partial charge in [0.1, 0.15) is 0 Å². The second-order valence-corrected chi connectivity index (χ2v) is 16.8. The van der Waals surface area contributed by atoms with Gasteiger partial charge in [0.15, 0.2) is 0 Å². The number of hydrogen-bond donors (Lipinski definition) is 0. The maximum Gasteiger partial charge on any atom is 0.0641 e. The second-order valence-electron chi connectivity index (χ2n) is 16.8. The maximum atomic E-state index is 2.52. The topological polar surface area (TPSA) is 14.8 Å². The lowest BCUT2D eigenvalue weighted by molar-refractivity contribution is 0.589. The lowest BCUT2D eigenvalue weighted by Gasteiger charge is -2.31. The standard InChI is InChI=1S/C57H39N3/c1-57(34-33-53-47(36-57)44-24-10-12-26-51(44)59(53)48-27-13-17-37-15-5-7-21-41(37)48)39-29-31-52-46(35-39)55-54(60(52)49-28-14-18-38-16-6-8-22-42(38)49)32-30-45-43-23-9-11-25-50(43)58(56(45)55)40-19-3-2-4-20-40/h2-35H,36H2,1H3. The molecule has 1 atom stereocenters. The Labute approximate surface area is 347 Å². The number of fused-ring (bicyclic) bond motifs is 12. The SMILES string of the molecule is CC1(c2ccc3c(c2)c2c(ccc4c5ccccc5n(-c5ccccc5)c42)n3-c2cccc3ccccc23)C=Cc2c(c3ccccc3n2-c2cccc3ccccc23)C1. The molecule has 0 saturated carbocycles. The Kier molecular flexibility index (Phi) is 6.92. The van der Waals surface area contributed by atoms with E-state index >= 15 is 0 Å². The molecule has 13 rings (SSSR count). The van der Waals surface area contributed by atoms with Crippen LogP contribution in [0.3, 0.4) is 0 Å². The minimum absolute atomic E-state index is 0.247. The van der Waals surface area contributed by atoms with E-state index in [4.69, 9.17) is 0 Å². The summed E-state index contributed by atoms with van der Waals surface area (Å²) in [4.78, 5) is 0. The Morgan fingerprint density at radius 1 is 0.417 bits per heavy atom. The summed E-state index contributed by atoms with van der Waals surface area (Å²) >= 11 is 0. The molecule has 12 aromatic rings. The minimum atomic E-state index is -0.247. The molecule has 1 aliphatic rings. The van der Waals surface area contributed by atoms with Gasteiger partial charge in [-0.2, -0.15) is 0 Å². The average Bonchev–Trinajstić information content (AvgIpc) is 3.94. The Bertz CT molecular complexity index is 3750. The third kappa shape index (κ3) is 4.60. The monoisotopic (exact) mass is 765 g/mol. The van der Waals surface area contributed by atoms with Crippen molar-refractivity contribution in [1.29, 1.82) is 0 Å². The normalized spacial score (nSPS) is 15.3. The lowest BCUT2D eigenvalue weighted by atomic mass is 9.73. The molecule has 0 amide bonds. The highest BCUT2D eigenvalue weighted by Gasteiger charge is 2.33. The Hall–Kier alpha value is -7.62. The van der Waals surface area contributed by atoms with Crippen molar-refractivity contribution in [1.82, 2.24) is 13.7 Å². The molecule has 0 N–H and O–H groups in total. The number of nitrogens with zero attached hydrogens (tertiary/aromatic N) is 3. The summed E-state index contributed by atoms with van der Waals surface area (Å²) in [6.07, 6.45) is 5.76. The molecule has 0 spiro atoms. The summed E-state index contributed by atoms with van der Waals surface area (Å²) in [5.41, 5.74) is 13.4. The molecule has 60 heavy (non-hydrogen) atoms. The predicted molar refractivity (Wildman–Crippen MR) is 253 cm³/mol. The first-order valence-electron chi connectivity index (χ1n) is 21.0. The van der Waals surface area contributed by atoms with Crippen LogP contribution in [0.1, 0.15) is 23.7 Å². The van der Waals surface area contributed by atoms with Crippen molar-refractivity contribution < 1.29 is 0 Å². The predicted octanol–water partition coefficient (Wildman–Crippen LogP) is 14.7. The van der Waals surface area contributed by atoms with Crippen LogP contribution < -0.4 is 0 Å². The van der Waals surface area contributed by atoms with Crippen molar-refractivity contribution in [2.75, 3.05) is 0 Å². The molecule has 0 bridgehead atoms. The van der Waals surface area contributed by atoms with Crippen LogP contribution in [0.25, 0.3) is 99.2 Å². The molecular weight excluding hydrogens is 727 g/mol. The zero-order valence-corrected chi connectivity index (χ0v) is 33.2. The van der Waals surface area contributed by atoms with Gasteiger partial charge in [0.25, 0.3) is 0 Å². The smallest absolute Gasteiger partial charge is 0.0641 e. The van der Waals surface area contributed by atoms with Gasteiger partial charge < -0.3 is 13.7 Å². The number of benzene rings is 9. The molecule has 0 fully saturated rings. The van der Waals surface area contributed by atoms with Crippen LogP contribution >= 0.6 is 0 Å². The summed E-state index contributed by atoms with van der Waals surface area (Å²) in [7, 11) is 0.